The molecular weight excluding hydrogens is 863 g/mol. The number of hydrogen-bond donors (Lipinski definition) is 5. The number of thioether (sulfide) groups is 1. The molecule has 5 N–H and O–H groups in total. The third-order valence-electron chi connectivity index (χ3n) is 11.9. The minimum Gasteiger partial charge on any atom is -0.507 e. The minimum atomic E-state index is -1.26. The summed E-state index contributed by atoms with van der Waals surface area (Å²) in [6.45, 7) is 5.67. The van der Waals surface area contributed by atoms with Gasteiger partial charge in [0, 0.05) is 29.9 Å². The largest absolute Gasteiger partial charge is 0.507 e. The van der Waals surface area contributed by atoms with Crippen LogP contribution in [0.25, 0.3) is 32.3 Å². The van der Waals surface area contributed by atoms with Crippen molar-refractivity contribution < 1.29 is 43.8 Å². The van der Waals surface area contributed by atoms with E-state index in [2.05, 4.69) is 39.4 Å². The molecule has 0 aliphatic carbocycles. The molecule has 3 aliphatic rings. The third kappa shape index (κ3) is 8.59. The highest BCUT2D eigenvalue weighted by atomic mass is 32.2. The Kier molecular flexibility index (Phi) is 12.5. The van der Waals surface area contributed by atoms with Crippen LogP contribution in [-0.2, 0) is 24.0 Å². The van der Waals surface area contributed by atoms with Gasteiger partial charge in [0.25, 0.3) is 5.91 Å². The number of aliphatic carboxylic acids is 1. The van der Waals surface area contributed by atoms with Crippen LogP contribution in [0.2, 0.25) is 0 Å². The molecule has 3 heterocycles. The van der Waals surface area contributed by atoms with E-state index < -0.39 is 69.8 Å². The number of carboxylic acids is 1. The van der Waals surface area contributed by atoms with Crippen molar-refractivity contribution in [2.45, 2.75) is 49.0 Å². The fourth-order valence-electron chi connectivity index (χ4n) is 8.51. The number of aromatic hydroxyl groups is 1. The number of fused-ring (bicyclic) bond motifs is 4. The van der Waals surface area contributed by atoms with Crippen molar-refractivity contribution in [3.05, 3.63) is 138 Å². The van der Waals surface area contributed by atoms with Crippen molar-refractivity contribution in [1.29, 1.82) is 0 Å². The summed E-state index contributed by atoms with van der Waals surface area (Å²) < 4.78 is -0.758. The predicted octanol–water partition coefficient (Wildman–Crippen LogP) is 5.38. The minimum absolute atomic E-state index is 0.0200. The number of likely N-dealkylation sites (N-methyl/N-ethyl adjacent to an activating group) is 1. The van der Waals surface area contributed by atoms with Gasteiger partial charge in [-0.25, -0.2) is 15.0 Å². The van der Waals surface area contributed by atoms with Crippen LogP contribution in [0.4, 0.5) is 4.79 Å². The molecule has 3 fully saturated rings. The van der Waals surface area contributed by atoms with Gasteiger partial charge >= 0.3 is 23.8 Å². The molecule has 0 aromatic heterocycles. The molecule has 3 saturated heterocycles. The first-order valence-electron chi connectivity index (χ1n) is 21.1. The van der Waals surface area contributed by atoms with Crippen molar-refractivity contribution >= 4 is 91.8 Å². The fourth-order valence-corrected chi connectivity index (χ4v) is 10.1. The van der Waals surface area contributed by atoms with Gasteiger partial charge in [0.05, 0.1) is 11.8 Å². The summed E-state index contributed by atoms with van der Waals surface area (Å²) in [6.07, 6.45) is 1.67. The molecule has 4 atom stereocenters. The number of β-lactam (4-membered cyclic amide) rings is 1. The lowest BCUT2D eigenvalue weighted by Gasteiger charge is -2.44. The number of carbonyl (C=O) groups excluding carboxylic acids is 6. The summed E-state index contributed by atoms with van der Waals surface area (Å²) in [5.74, 6) is -4.65. The molecule has 0 radical (unpaired) electrons. The van der Waals surface area contributed by atoms with Crippen molar-refractivity contribution in [3.8, 4) is 5.75 Å². The molecule has 6 aromatic rings. The van der Waals surface area contributed by atoms with E-state index in [-0.39, 0.29) is 24.4 Å². The van der Waals surface area contributed by atoms with E-state index in [0.717, 1.165) is 42.8 Å². The van der Waals surface area contributed by atoms with Gasteiger partial charge in [-0.2, -0.15) is 5.10 Å². The molecule has 0 bridgehead atoms. The van der Waals surface area contributed by atoms with Gasteiger partial charge in [0.2, 0.25) is 11.8 Å². The number of phenols is 1. The molecule has 0 spiro atoms. The zero-order valence-corrected chi connectivity index (χ0v) is 36.8. The number of hydrazone groups is 1. The van der Waals surface area contributed by atoms with Crippen LogP contribution in [0.3, 0.4) is 0 Å². The molecule has 6 aromatic carbocycles. The Bertz CT molecular complexity index is 2930. The van der Waals surface area contributed by atoms with Crippen LogP contribution in [0.5, 0.6) is 5.75 Å². The average Bonchev–Trinajstić information content (AvgIpc) is 3.58. The molecule has 7 amide bonds. The quantitative estimate of drug-likeness (QED) is 0.0411. The van der Waals surface area contributed by atoms with Crippen molar-refractivity contribution in [1.82, 2.24) is 30.8 Å². The second-order valence-corrected chi connectivity index (χ2v) is 18.1. The third-order valence-corrected chi connectivity index (χ3v) is 13.4. The van der Waals surface area contributed by atoms with Crippen LogP contribution >= 0.6 is 11.8 Å². The predicted molar refractivity (Wildman–Crippen MR) is 249 cm³/mol. The average molecular weight is 908 g/mol. The van der Waals surface area contributed by atoms with Gasteiger partial charge in [-0.15, -0.1) is 11.8 Å². The lowest BCUT2D eigenvalue weighted by atomic mass is 9.95. The van der Waals surface area contributed by atoms with E-state index in [1.165, 1.54) is 21.6 Å². The zero-order valence-electron chi connectivity index (χ0n) is 36.0. The molecule has 0 unspecified atom stereocenters. The number of hydrogen-bond acceptors (Lipinski definition) is 10. The highest BCUT2D eigenvalue weighted by molar-refractivity contribution is 8.01. The number of carboxylic acid groups (broad SMARTS) is 1. The van der Waals surface area contributed by atoms with Crippen molar-refractivity contribution in [2.24, 2.45) is 5.10 Å². The van der Waals surface area contributed by atoms with E-state index in [9.17, 15) is 43.8 Å². The second kappa shape index (κ2) is 18.4. The lowest BCUT2D eigenvalue weighted by Crippen LogP contribution is -2.71. The summed E-state index contributed by atoms with van der Waals surface area (Å²) in [5.41, 5.74) is 4.08. The summed E-state index contributed by atoms with van der Waals surface area (Å²) in [7, 11) is 0. The number of imide groups is 1. The molecule has 9 rings (SSSR count). The standard InChI is InChI=1S/C26H18N2O2.C23H27N5O7S/c29-25-15-18-8-2-1-7-17(18)14-23(25)26(30)28-27-16-24-21-11-5-3-9-19(21)13-20-10-4-6-12-22(20)24;1-4-26-10-11-27(19(32)18(26)31)22(35)25-13(12-8-6-5-7-9-12)16(29)24-14-17(30)28-15(21(33)34)23(2,3)36-20(14)28/h1-16,29H,(H,28,30);5-9,13-15,20H,4,10-11H2,1-3H3,(H,24,29)(H,25,35)(H,33,34)/b27-16+;/t;13-,14-,15+,20-/m.1/s1. The van der Waals surface area contributed by atoms with E-state index in [0.29, 0.717) is 12.1 Å². The summed E-state index contributed by atoms with van der Waals surface area (Å²) in [6, 6.07) is 33.3. The number of nitrogens with one attached hydrogen (secondary N) is 3. The smallest absolute Gasteiger partial charge is 0.327 e. The second-order valence-electron chi connectivity index (χ2n) is 16.4. The van der Waals surface area contributed by atoms with Crippen molar-refractivity contribution in [2.75, 3.05) is 19.6 Å². The lowest BCUT2D eigenvalue weighted by molar-refractivity contribution is -0.161. The topological polar surface area (TPSA) is 218 Å². The Balaban J connectivity index is 0.000000182. The number of rotatable bonds is 9. The first-order valence-corrected chi connectivity index (χ1v) is 22.0. The first kappa shape index (κ1) is 44.8. The highest BCUT2D eigenvalue weighted by Gasteiger charge is 2.64. The maximum Gasteiger partial charge on any atom is 0.327 e. The normalized spacial score (nSPS) is 19.2. The number of carbonyl (C=O) groups is 7. The SMILES string of the molecule is CCN1CCN(C(=O)N[C@@H](C(=O)N[C@@H]2C(=O)N3[C@@H]2SC(C)(C)[C@@H]3C(=O)O)c2ccccc2)C(=O)C1=O.O=C(N/N=C/c1c2ccccc2cc2ccccc12)c1cc2ccccc2cc1O. The van der Waals surface area contributed by atoms with E-state index in [4.69, 9.17) is 0 Å². The van der Waals surface area contributed by atoms with Gasteiger partial charge in [-0.3, -0.25) is 28.9 Å². The van der Waals surface area contributed by atoms with Crippen LogP contribution in [0.15, 0.2) is 126 Å². The van der Waals surface area contributed by atoms with Gasteiger partial charge in [-0.05, 0) is 76.9 Å². The zero-order chi connectivity index (χ0) is 46.9. The molecule has 17 heteroatoms. The van der Waals surface area contributed by atoms with Gasteiger partial charge in [-0.1, -0.05) is 103 Å². The molecule has 336 valence electrons. The Morgan fingerprint density at radius 3 is 2.02 bits per heavy atom. The van der Waals surface area contributed by atoms with Crippen molar-refractivity contribution in [3.63, 3.8) is 0 Å². The number of urea groups is 1. The molecule has 66 heavy (non-hydrogen) atoms. The Morgan fingerprint density at radius 2 is 1.39 bits per heavy atom. The maximum absolute atomic E-state index is 13.3. The first-order chi connectivity index (χ1) is 31.7. The molecular formula is C49H45N7O9S. The summed E-state index contributed by atoms with van der Waals surface area (Å²) in [4.78, 5) is 91.5. The Labute approximate surface area is 382 Å². The van der Waals surface area contributed by atoms with Gasteiger partial charge in [0.1, 0.15) is 29.2 Å². The Hall–Kier alpha value is -7.79. The van der Waals surface area contributed by atoms with E-state index >= 15 is 0 Å². The van der Waals surface area contributed by atoms with Crippen LogP contribution in [0, 0.1) is 0 Å². The monoisotopic (exact) mass is 907 g/mol. The molecule has 0 saturated carbocycles. The number of nitrogens with zero attached hydrogens (tertiary/aromatic N) is 4. The highest BCUT2D eigenvalue weighted by Crippen LogP contribution is 2.51. The fraction of sp³-hybridized carbons (Fsp3) is 0.224. The number of phenolic OH excluding ortho intramolecular Hbond substituents is 1. The van der Waals surface area contributed by atoms with Gasteiger partial charge < -0.3 is 30.6 Å². The molecule has 16 nitrogen and oxygen atoms in total. The summed E-state index contributed by atoms with van der Waals surface area (Å²) >= 11 is 1.28. The van der Waals surface area contributed by atoms with Crippen LogP contribution in [0.1, 0.15) is 48.3 Å². The van der Waals surface area contributed by atoms with E-state index in [1.807, 2.05) is 60.7 Å². The molecule has 3 aliphatic heterocycles. The number of amides is 7. The number of benzene rings is 6. The number of piperazine rings is 1. The summed E-state index contributed by atoms with van der Waals surface area (Å²) in [5, 5.41) is 34.7. The maximum atomic E-state index is 13.3. The Morgan fingerprint density at radius 1 is 0.803 bits per heavy atom. The van der Waals surface area contributed by atoms with Crippen LogP contribution < -0.4 is 16.1 Å². The van der Waals surface area contributed by atoms with Gasteiger partial charge in [0.15, 0.2) is 0 Å². The van der Waals surface area contributed by atoms with Crippen LogP contribution in [-0.4, -0.2) is 115 Å². The van der Waals surface area contributed by atoms with E-state index in [1.54, 1.807) is 69.5 Å².